The number of ether oxygens (including phenoxy) is 1. The molecule has 0 saturated carbocycles. The molecule has 0 aliphatic carbocycles. The standard InChI is InChI=1S/C33H30F2N4O4/c1-39(19-26-4-2-8-37-26)33(42)32-28-15-21(22-10-20(17-36)11-24(34)12-22)6-7-30(28)38-18-29(32)23-13-25(35)16-27(14-23)43-9-3-5-31(40)41/h6-7,10-16,18,26,37H,2-5,8-9,19H2,1H3,(H,40,41)/t26-/m0/s1. The van der Waals surface area contributed by atoms with Crippen LogP contribution in [0.1, 0.15) is 41.6 Å². The molecule has 220 valence electrons. The second kappa shape index (κ2) is 13.0. The van der Waals surface area contributed by atoms with E-state index in [4.69, 9.17) is 9.84 Å². The first-order valence-electron chi connectivity index (χ1n) is 14.0. The number of hydrogen-bond donors (Lipinski definition) is 2. The van der Waals surface area contributed by atoms with Crippen LogP contribution in [0.3, 0.4) is 0 Å². The van der Waals surface area contributed by atoms with Crippen molar-refractivity contribution in [1.29, 1.82) is 5.26 Å². The van der Waals surface area contributed by atoms with Crippen LogP contribution in [-0.4, -0.2) is 59.7 Å². The van der Waals surface area contributed by atoms with Crippen molar-refractivity contribution in [2.24, 2.45) is 0 Å². The lowest BCUT2D eigenvalue weighted by Gasteiger charge is -2.24. The Bertz CT molecular complexity index is 1730. The molecule has 4 aromatic rings. The summed E-state index contributed by atoms with van der Waals surface area (Å²) in [4.78, 5) is 31.2. The van der Waals surface area contributed by atoms with Crippen molar-refractivity contribution in [3.63, 3.8) is 0 Å². The molecule has 1 aliphatic heterocycles. The normalized spacial score (nSPS) is 14.4. The monoisotopic (exact) mass is 584 g/mol. The number of hydrogen-bond acceptors (Lipinski definition) is 6. The zero-order valence-electron chi connectivity index (χ0n) is 23.6. The van der Waals surface area contributed by atoms with E-state index in [9.17, 15) is 23.6 Å². The van der Waals surface area contributed by atoms with E-state index < -0.39 is 17.6 Å². The highest BCUT2D eigenvalue weighted by molar-refractivity contribution is 6.12. The van der Waals surface area contributed by atoms with E-state index in [1.54, 1.807) is 42.3 Å². The van der Waals surface area contributed by atoms with Gasteiger partial charge in [-0.1, -0.05) is 6.07 Å². The number of aliphatic carboxylic acids is 1. The van der Waals surface area contributed by atoms with Gasteiger partial charge in [-0.15, -0.1) is 0 Å². The summed E-state index contributed by atoms with van der Waals surface area (Å²) in [6.45, 7) is 1.43. The average Bonchev–Trinajstić information content (AvgIpc) is 3.50. The van der Waals surface area contributed by atoms with Crippen LogP contribution in [0.5, 0.6) is 5.75 Å². The smallest absolute Gasteiger partial charge is 0.303 e. The van der Waals surface area contributed by atoms with Crippen molar-refractivity contribution in [2.75, 3.05) is 26.7 Å². The Labute approximate surface area is 247 Å². The van der Waals surface area contributed by atoms with Crippen LogP contribution >= 0.6 is 0 Å². The molecule has 0 unspecified atom stereocenters. The number of benzene rings is 3. The number of aromatic nitrogens is 1. The van der Waals surface area contributed by atoms with Crippen molar-refractivity contribution in [3.05, 3.63) is 83.6 Å². The molecule has 1 saturated heterocycles. The average molecular weight is 585 g/mol. The minimum absolute atomic E-state index is 0.0791. The van der Waals surface area contributed by atoms with Crippen molar-refractivity contribution in [3.8, 4) is 34.1 Å². The number of nitrogens with one attached hydrogen (secondary N) is 1. The number of likely N-dealkylation sites (N-methyl/N-ethyl adjacent to an activating group) is 1. The van der Waals surface area contributed by atoms with Crippen LogP contribution < -0.4 is 10.1 Å². The summed E-state index contributed by atoms with van der Waals surface area (Å²) in [6.07, 6.45) is 3.66. The molecule has 3 aromatic carbocycles. The molecule has 1 aliphatic rings. The van der Waals surface area contributed by atoms with E-state index in [-0.39, 0.29) is 42.7 Å². The number of halogens is 2. The van der Waals surface area contributed by atoms with E-state index in [1.807, 2.05) is 6.07 Å². The Kier molecular flexibility index (Phi) is 8.93. The van der Waals surface area contributed by atoms with Crippen LogP contribution in [0.25, 0.3) is 33.2 Å². The number of fused-ring (bicyclic) bond motifs is 1. The lowest BCUT2D eigenvalue weighted by atomic mass is 9.94. The van der Waals surface area contributed by atoms with Crippen LogP contribution in [-0.2, 0) is 4.79 Å². The zero-order chi connectivity index (χ0) is 30.5. The molecule has 0 spiro atoms. The van der Waals surface area contributed by atoms with Gasteiger partial charge in [0.15, 0.2) is 0 Å². The van der Waals surface area contributed by atoms with E-state index in [0.29, 0.717) is 45.3 Å². The minimum atomic E-state index is -0.952. The van der Waals surface area contributed by atoms with Crippen LogP contribution in [0.2, 0.25) is 0 Å². The quantitative estimate of drug-likeness (QED) is 0.227. The summed E-state index contributed by atoms with van der Waals surface area (Å²) >= 11 is 0. The highest BCUT2D eigenvalue weighted by Crippen LogP contribution is 2.35. The van der Waals surface area contributed by atoms with E-state index in [1.165, 1.54) is 24.4 Å². The number of nitriles is 1. The predicted octanol–water partition coefficient (Wildman–Crippen LogP) is 5.79. The van der Waals surface area contributed by atoms with E-state index >= 15 is 0 Å². The highest BCUT2D eigenvalue weighted by atomic mass is 19.1. The molecule has 43 heavy (non-hydrogen) atoms. The fourth-order valence-corrected chi connectivity index (χ4v) is 5.37. The van der Waals surface area contributed by atoms with Crippen molar-refractivity contribution in [2.45, 2.75) is 31.7 Å². The van der Waals surface area contributed by atoms with Crippen LogP contribution in [0.4, 0.5) is 8.78 Å². The van der Waals surface area contributed by atoms with E-state index in [0.717, 1.165) is 25.5 Å². The van der Waals surface area contributed by atoms with Gasteiger partial charge >= 0.3 is 5.97 Å². The molecule has 1 aromatic heterocycles. The fraction of sp³-hybridized carbons (Fsp3) is 0.273. The summed E-state index contributed by atoms with van der Waals surface area (Å²) < 4.78 is 34.8. The number of amides is 1. The van der Waals surface area contributed by atoms with Gasteiger partial charge in [-0.05, 0) is 85.0 Å². The molecule has 5 rings (SSSR count). The van der Waals surface area contributed by atoms with Crippen LogP contribution in [0, 0.1) is 23.0 Å². The molecule has 1 amide bonds. The molecular weight excluding hydrogens is 554 g/mol. The third-order valence-electron chi connectivity index (χ3n) is 7.43. The molecule has 0 radical (unpaired) electrons. The summed E-state index contributed by atoms with van der Waals surface area (Å²) in [5.41, 5.74) is 2.77. The first kappa shape index (κ1) is 29.6. The summed E-state index contributed by atoms with van der Waals surface area (Å²) in [5.74, 6) is -2.20. The SMILES string of the molecule is CN(C[C@@H]1CCCN1)C(=O)c1c(-c2cc(F)cc(OCCCC(=O)O)c2)cnc2ccc(-c3cc(F)cc(C#N)c3)cc12. The zero-order valence-corrected chi connectivity index (χ0v) is 23.6. The third-order valence-corrected chi connectivity index (χ3v) is 7.43. The third kappa shape index (κ3) is 6.96. The molecule has 0 bridgehead atoms. The van der Waals surface area contributed by atoms with Gasteiger partial charge in [0, 0.05) is 49.3 Å². The molecule has 8 nitrogen and oxygen atoms in total. The number of rotatable bonds is 10. The molecule has 1 atom stereocenters. The number of carboxylic acids is 1. The second-order valence-electron chi connectivity index (χ2n) is 10.6. The van der Waals surface area contributed by atoms with Gasteiger partial charge in [0.2, 0.25) is 0 Å². The number of nitrogens with zero attached hydrogens (tertiary/aromatic N) is 3. The van der Waals surface area contributed by atoms with Gasteiger partial charge in [-0.3, -0.25) is 14.6 Å². The van der Waals surface area contributed by atoms with Crippen LogP contribution in [0.15, 0.2) is 60.8 Å². The molecule has 2 heterocycles. The topological polar surface area (TPSA) is 116 Å². The minimum Gasteiger partial charge on any atom is -0.493 e. The van der Waals surface area contributed by atoms with Gasteiger partial charge in [0.25, 0.3) is 5.91 Å². The molecule has 10 heteroatoms. The number of carboxylic acid groups (broad SMARTS) is 1. The first-order valence-corrected chi connectivity index (χ1v) is 14.0. The maximum atomic E-state index is 14.9. The fourth-order valence-electron chi connectivity index (χ4n) is 5.37. The number of carbonyl (C=O) groups is 2. The Hall–Kier alpha value is -4.88. The molecule has 1 fully saturated rings. The van der Waals surface area contributed by atoms with E-state index in [2.05, 4.69) is 10.3 Å². The highest BCUT2D eigenvalue weighted by Gasteiger charge is 2.25. The Morgan fingerprint density at radius 1 is 1.09 bits per heavy atom. The van der Waals surface area contributed by atoms with Gasteiger partial charge in [-0.2, -0.15) is 5.26 Å². The van der Waals surface area contributed by atoms with Gasteiger partial charge < -0.3 is 20.1 Å². The Morgan fingerprint density at radius 2 is 1.88 bits per heavy atom. The summed E-state index contributed by atoms with van der Waals surface area (Å²) in [5, 5.41) is 22.1. The number of pyridine rings is 1. The van der Waals surface area contributed by atoms with Gasteiger partial charge in [0.1, 0.15) is 17.4 Å². The maximum Gasteiger partial charge on any atom is 0.303 e. The Balaban J connectivity index is 1.62. The Morgan fingerprint density at radius 3 is 2.63 bits per heavy atom. The maximum absolute atomic E-state index is 14.9. The molecule has 2 N–H and O–H groups in total. The van der Waals surface area contributed by atoms with Crippen molar-refractivity contribution in [1.82, 2.24) is 15.2 Å². The van der Waals surface area contributed by atoms with Gasteiger partial charge in [0.05, 0.1) is 29.3 Å². The predicted molar refractivity (Wildman–Crippen MR) is 158 cm³/mol. The number of carbonyl (C=O) groups excluding carboxylic acids is 1. The lowest BCUT2D eigenvalue weighted by Crippen LogP contribution is -2.38. The molecular formula is C33H30F2N4O4. The second-order valence-corrected chi connectivity index (χ2v) is 10.6. The van der Waals surface area contributed by atoms with Crippen molar-refractivity contribution >= 4 is 22.8 Å². The van der Waals surface area contributed by atoms with Crippen molar-refractivity contribution < 1.29 is 28.2 Å². The summed E-state index contributed by atoms with van der Waals surface area (Å²) in [6, 6.07) is 15.4. The lowest BCUT2D eigenvalue weighted by molar-refractivity contribution is -0.137. The first-order chi connectivity index (χ1) is 20.7. The van der Waals surface area contributed by atoms with Gasteiger partial charge in [-0.25, -0.2) is 8.78 Å². The largest absolute Gasteiger partial charge is 0.493 e. The summed E-state index contributed by atoms with van der Waals surface area (Å²) in [7, 11) is 1.72.